The van der Waals surface area contributed by atoms with Gasteiger partial charge in [0.2, 0.25) is 15.7 Å². The number of anilines is 1. The molecule has 0 aliphatic carbocycles. The molecule has 0 aliphatic rings. The van der Waals surface area contributed by atoms with E-state index in [4.69, 9.17) is 0 Å². The van der Waals surface area contributed by atoms with Gasteiger partial charge in [-0.2, -0.15) is 8.78 Å². The van der Waals surface area contributed by atoms with Crippen LogP contribution in [0.3, 0.4) is 0 Å². The lowest BCUT2D eigenvalue weighted by Crippen LogP contribution is -2.23. The molecule has 0 fully saturated rings. The number of halogens is 2. The van der Waals surface area contributed by atoms with Crippen LogP contribution in [0.2, 0.25) is 0 Å². The van der Waals surface area contributed by atoms with Crippen LogP contribution >= 0.6 is 0 Å². The van der Waals surface area contributed by atoms with Crippen LogP contribution in [-0.4, -0.2) is 26.0 Å². The van der Waals surface area contributed by atoms with Gasteiger partial charge in [0.1, 0.15) is 0 Å². The maximum Gasteiger partial charge on any atom is 0.341 e. The van der Waals surface area contributed by atoms with Crippen molar-refractivity contribution in [2.75, 3.05) is 5.32 Å². The predicted molar refractivity (Wildman–Crippen MR) is 105 cm³/mol. The Hall–Kier alpha value is -2.81. The number of sulfone groups is 1. The Kier molecular flexibility index (Phi) is 7.44. The molecule has 29 heavy (non-hydrogen) atoms. The Morgan fingerprint density at radius 2 is 1.69 bits per heavy atom. The fourth-order valence-corrected chi connectivity index (χ4v) is 3.25. The molecule has 0 aliphatic heterocycles. The summed E-state index contributed by atoms with van der Waals surface area (Å²) < 4.78 is 47.9. The molecular weight excluding hydrogens is 402 g/mol. The Morgan fingerprint density at radius 3 is 2.28 bits per heavy atom. The monoisotopic (exact) mass is 424 g/mol. The van der Waals surface area contributed by atoms with Gasteiger partial charge >= 0.3 is 5.76 Å². The fourth-order valence-electron chi connectivity index (χ4n) is 2.53. The SMILES string of the molecule is CC(C)CC(=O)Nc1cccc(CNC(=O)c2ccc(S(=O)(=O)C(F)F)cc2)c1. The third kappa shape index (κ3) is 6.35. The van der Waals surface area contributed by atoms with E-state index in [0.29, 0.717) is 12.1 Å². The van der Waals surface area contributed by atoms with Crippen LogP contribution in [-0.2, 0) is 21.2 Å². The van der Waals surface area contributed by atoms with Crippen LogP contribution in [0.25, 0.3) is 0 Å². The number of rotatable bonds is 8. The summed E-state index contributed by atoms with van der Waals surface area (Å²) >= 11 is 0. The van der Waals surface area contributed by atoms with Crippen molar-refractivity contribution in [3.63, 3.8) is 0 Å². The van der Waals surface area contributed by atoms with Crippen LogP contribution < -0.4 is 10.6 Å². The summed E-state index contributed by atoms with van der Waals surface area (Å²) in [4.78, 5) is 23.5. The van der Waals surface area contributed by atoms with Gasteiger partial charge in [0.25, 0.3) is 5.91 Å². The summed E-state index contributed by atoms with van der Waals surface area (Å²) in [6.07, 6.45) is 0.401. The van der Waals surface area contributed by atoms with Crippen molar-refractivity contribution in [3.05, 3.63) is 59.7 Å². The third-order valence-corrected chi connectivity index (χ3v) is 5.34. The van der Waals surface area contributed by atoms with Crippen molar-refractivity contribution in [1.29, 1.82) is 0 Å². The quantitative estimate of drug-likeness (QED) is 0.677. The first kappa shape index (κ1) is 22.5. The highest BCUT2D eigenvalue weighted by Gasteiger charge is 2.26. The van der Waals surface area contributed by atoms with Gasteiger partial charge in [0, 0.05) is 24.2 Å². The molecule has 9 heteroatoms. The average molecular weight is 424 g/mol. The average Bonchev–Trinajstić information content (AvgIpc) is 2.65. The van der Waals surface area contributed by atoms with Gasteiger partial charge in [-0.3, -0.25) is 9.59 Å². The van der Waals surface area contributed by atoms with Crippen molar-refractivity contribution < 1.29 is 26.8 Å². The lowest BCUT2D eigenvalue weighted by molar-refractivity contribution is -0.116. The van der Waals surface area contributed by atoms with Gasteiger partial charge < -0.3 is 10.6 Å². The number of alkyl halides is 2. The number of carbonyl (C=O) groups is 2. The highest BCUT2D eigenvalue weighted by molar-refractivity contribution is 7.91. The topological polar surface area (TPSA) is 92.3 Å². The van der Waals surface area contributed by atoms with Crippen LogP contribution in [0, 0.1) is 5.92 Å². The Balaban J connectivity index is 1.99. The largest absolute Gasteiger partial charge is 0.348 e. The van der Waals surface area contributed by atoms with Crippen molar-refractivity contribution in [1.82, 2.24) is 5.32 Å². The molecule has 0 unspecified atom stereocenters. The first-order valence-corrected chi connectivity index (χ1v) is 10.4. The summed E-state index contributed by atoms with van der Waals surface area (Å²) in [5.41, 5.74) is 1.50. The second-order valence-corrected chi connectivity index (χ2v) is 8.78. The highest BCUT2D eigenvalue weighted by Crippen LogP contribution is 2.19. The zero-order chi connectivity index (χ0) is 21.6. The van der Waals surface area contributed by atoms with Crippen LogP contribution in [0.4, 0.5) is 14.5 Å². The van der Waals surface area contributed by atoms with Gasteiger partial charge in [-0.25, -0.2) is 8.42 Å². The third-order valence-electron chi connectivity index (χ3n) is 3.94. The number of hydrogen-bond donors (Lipinski definition) is 2. The Morgan fingerprint density at radius 1 is 1.03 bits per heavy atom. The maximum atomic E-state index is 12.5. The van der Waals surface area contributed by atoms with Crippen LogP contribution in [0.15, 0.2) is 53.4 Å². The molecule has 0 atom stereocenters. The minimum absolute atomic E-state index is 0.0972. The zero-order valence-corrected chi connectivity index (χ0v) is 16.8. The predicted octanol–water partition coefficient (Wildman–Crippen LogP) is 3.60. The number of hydrogen-bond acceptors (Lipinski definition) is 4. The number of benzene rings is 2. The molecule has 2 aromatic rings. The summed E-state index contributed by atoms with van der Waals surface area (Å²) in [6, 6.07) is 11.3. The second kappa shape index (κ2) is 9.60. The molecule has 2 amide bonds. The minimum Gasteiger partial charge on any atom is -0.348 e. The standard InChI is InChI=1S/C20H22F2N2O4S/c1-13(2)10-18(25)24-16-5-3-4-14(11-16)12-23-19(26)15-6-8-17(9-7-15)29(27,28)20(21)22/h3-9,11,13,20H,10,12H2,1-2H3,(H,23,26)(H,24,25). The van der Waals surface area contributed by atoms with E-state index in [-0.39, 0.29) is 23.9 Å². The number of nitrogens with one attached hydrogen (secondary N) is 2. The van der Waals surface area contributed by atoms with E-state index in [9.17, 15) is 26.8 Å². The molecular formula is C20H22F2N2O4S. The van der Waals surface area contributed by atoms with E-state index >= 15 is 0 Å². The van der Waals surface area contributed by atoms with E-state index in [1.54, 1.807) is 24.3 Å². The molecule has 6 nitrogen and oxygen atoms in total. The number of amides is 2. The molecule has 0 saturated heterocycles. The Bertz CT molecular complexity index is 974. The summed E-state index contributed by atoms with van der Waals surface area (Å²) in [5.74, 6) is -3.87. The molecule has 2 N–H and O–H groups in total. The van der Waals surface area contributed by atoms with E-state index in [2.05, 4.69) is 10.6 Å². The van der Waals surface area contributed by atoms with Crippen molar-refractivity contribution in [2.24, 2.45) is 5.92 Å². The van der Waals surface area contributed by atoms with Crippen LogP contribution in [0.1, 0.15) is 36.2 Å². The first-order valence-electron chi connectivity index (χ1n) is 8.88. The molecule has 2 aromatic carbocycles. The smallest absolute Gasteiger partial charge is 0.341 e. The van der Waals surface area contributed by atoms with Crippen molar-refractivity contribution >= 4 is 27.3 Å². The molecule has 156 valence electrons. The maximum absolute atomic E-state index is 12.5. The molecule has 0 bridgehead atoms. The molecule has 0 spiro atoms. The highest BCUT2D eigenvalue weighted by atomic mass is 32.2. The van der Waals surface area contributed by atoms with Gasteiger partial charge in [0.15, 0.2) is 0 Å². The molecule has 0 aromatic heterocycles. The first-order chi connectivity index (χ1) is 13.6. The molecule has 2 rings (SSSR count). The zero-order valence-electron chi connectivity index (χ0n) is 16.0. The fraction of sp³-hybridized carbons (Fsp3) is 0.300. The summed E-state index contributed by atoms with van der Waals surface area (Å²) in [7, 11) is -4.70. The van der Waals surface area contributed by atoms with Gasteiger partial charge in [-0.1, -0.05) is 26.0 Å². The summed E-state index contributed by atoms with van der Waals surface area (Å²) in [5, 5.41) is 5.45. The van der Waals surface area contributed by atoms with Gasteiger partial charge in [-0.05, 0) is 47.9 Å². The number of carbonyl (C=O) groups excluding carboxylic acids is 2. The van der Waals surface area contributed by atoms with Gasteiger partial charge in [-0.15, -0.1) is 0 Å². The lowest BCUT2D eigenvalue weighted by Gasteiger charge is -2.10. The van der Waals surface area contributed by atoms with E-state index in [1.807, 2.05) is 13.8 Å². The van der Waals surface area contributed by atoms with Gasteiger partial charge in [0.05, 0.1) is 4.90 Å². The molecule has 0 radical (unpaired) electrons. The second-order valence-electron chi connectivity index (χ2n) is 6.86. The lowest BCUT2D eigenvalue weighted by atomic mass is 10.1. The van der Waals surface area contributed by atoms with E-state index < -0.39 is 26.4 Å². The minimum atomic E-state index is -4.70. The molecule has 0 heterocycles. The molecule has 0 saturated carbocycles. The van der Waals surface area contributed by atoms with E-state index in [1.165, 1.54) is 12.1 Å². The van der Waals surface area contributed by atoms with Crippen LogP contribution in [0.5, 0.6) is 0 Å². The van der Waals surface area contributed by atoms with E-state index in [0.717, 1.165) is 17.7 Å². The van der Waals surface area contributed by atoms with Crippen molar-refractivity contribution in [3.8, 4) is 0 Å². The normalized spacial score (nSPS) is 11.5. The Labute approximate surface area is 168 Å². The van der Waals surface area contributed by atoms with Crippen molar-refractivity contribution in [2.45, 2.75) is 37.5 Å². The summed E-state index contributed by atoms with van der Waals surface area (Å²) in [6.45, 7) is 4.06.